The predicted molar refractivity (Wildman–Crippen MR) is 140 cm³/mol. The van der Waals surface area contributed by atoms with Crippen molar-refractivity contribution in [2.45, 2.75) is 25.8 Å². The van der Waals surface area contributed by atoms with Crippen LogP contribution in [-0.2, 0) is 11.3 Å². The summed E-state index contributed by atoms with van der Waals surface area (Å²) in [4.78, 5) is 45.4. The Morgan fingerprint density at radius 1 is 0.944 bits per heavy atom. The molecule has 8 heteroatoms. The van der Waals surface area contributed by atoms with E-state index < -0.39 is 5.69 Å². The van der Waals surface area contributed by atoms with Gasteiger partial charge in [0.15, 0.2) is 0 Å². The first-order valence-corrected chi connectivity index (χ1v) is 12.7. The summed E-state index contributed by atoms with van der Waals surface area (Å²) in [6.07, 6.45) is 4.98. The highest BCUT2D eigenvalue weighted by atomic mass is 16.5. The van der Waals surface area contributed by atoms with Crippen LogP contribution in [0, 0.1) is 0 Å². The van der Waals surface area contributed by atoms with Crippen molar-refractivity contribution in [1.29, 1.82) is 0 Å². The van der Waals surface area contributed by atoms with Gasteiger partial charge in [-0.15, -0.1) is 0 Å². The van der Waals surface area contributed by atoms with Gasteiger partial charge in [0.2, 0.25) is 0 Å². The molecule has 0 radical (unpaired) electrons. The van der Waals surface area contributed by atoms with Crippen LogP contribution in [0.4, 0.5) is 0 Å². The summed E-state index contributed by atoms with van der Waals surface area (Å²) in [7, 11) is 0. The number of H-pyrrole nitrogens is 1. The van der Waals surface area contributed by atoms with Crippen molar-refractivity contribution in [3.05, 3.63) is 86.6 Å². The second-order valence-corrected chi connectivity index (χ2v) is 9.40. The third-order valence-electron chi connectivity index (χ3n) is 7.07. The Hall–Kier alpha value is -3.49. The Kier molecular flexibility index (Phi) is 7.44. The molecule has 1 N–H and O–H groups in total. The van der Waals surface area contributed by atoms with Gasteiger partial charge in [-0.3, -0.25) is 19.1 Å². The third-order valence-corrected chi connectivity index (χ3v) is 7.07. The summed E-state index contributed by atoms with van der Waals surface area (Å²) in [5.41, 5.74) is 2.81. The van der Waals surface area contributed by atoms with Gasteiger partial charge in [0, 0.05) is 38.3 Å². The summed E-state index contributed by atoms with van der Waals surface area (Å²) >= 11 is 0. The number of rotatable bonds is 7. The minimum absolute atomic E-state index is 0.117. The van der Waals surface area contributed by atoms with Gasteiger partial charge in [-0.05, 0) is 55.1 Å². The molecule has 8 nitrogen and oxygen atoms in total. The van der Waals surface area contributed by atoms with Gasteiger partial charge in [0.1, 0.15) is 0 Å². The van der Waals surface area contributed by atoms with E-state index in [9.17, 15) is 14.4 Å². The van der Waals surface area contributed by atoms with Crippen molar-refractivity contribution in [3.8, 4) is 0 Å². The lowest BCUT2D eigenvalue weighted by Gasteiger charge is -2.27. The fraction of sp³-hybridized carbons (Fsp3) is 0.393. The molecule has 3 aromatic rings. The third kappa shape index (κ3) is 5.34. The number of hydrogen-bond donors (Lipinski definition) is 1. The van der Waals surface area contributed by atoms with E-state index in [1.165, 1.54) is 15.7 Å². The summed E-state index contributed by atoms with van der Waals surface area (Å²) < 4.78 is 6.58. The maximum atomic E-state index is 13.0. The van der Waals surface area contributed by atoms with E-state index in [0.29, 0.717) is 49.3 Å². The Balaban J connectivity index is 1.18. The van der Waals surface area contributed by atoms with Gasteiger partial charge in [-0.1, -0.05) is 36.4 Å². The lowest BCUT2D eigenvalue weighted by molar-refractivity contribution is 0.0303. The molecule has 0 spiro atoms. The van der Waals surface area contributed by atoms with Gasteiger partial charge < -0.3 is 14.6 Å². The first kappa shape index (κ1) is 24.2. The Bertz CT molecular complexity index is 1370. The fourth-order valence-electron chi connectivity index (χ4n) is 4.97. The standard InChI is InChI=1S/C28H32N4O4/c33-26(31-16-18-36-19-17-31)23-8-9-24-25(20-23)29-28(35)32(27(24)34)13-5-4-12-30-14-10-22(11-15-30)21-6-2-1-3-7-21/h1-3,6-10,20H,4-5,11-19H2,(H,29,35). The van der Waals surface area contributed by atoms with E-state index in [4.69, 9.17) is 4.74 Å². The molecule has 1 amide bonds. The van der Waals surface area contributed by atoms with Crippen molar-refractivity contribution in [2.24, 2.45) is 0 Å². The number of carbonyl (C=O) groups excluding carboxylic acids is 1. The van der Waals surface area contributed by atoms with Crippen LogP contribution in [0.2, 0.25) is 0 Å². The highest BCUT2D eigenvalue weighted by Gasteiger charge is 2.19. The minimum Gasteiger partial charge on any atom is -0.378 e. The van der Waals surface area contributed by atoms with Crippen molar-refractivity contribution in [1.82, 2.24) is 19.4 Å². The molecule has 1 aromatic heterocycles. The molecule has 2 aliphatic heterocycles. The molecule has 1 fully saturated rings. The van der Waals surface area contributed by atoms with E-state index in [-0.39, 0.29) is 11.5 Å². The number of benzene rings is 2. The van der Waals surface area contributed by atoms with Crippen LogP contribution in [-0.4, -0.2) is 71.2 Å². The number of fused-ring (bicyclic) bond motifs is 1. The summed E-state index contributed by atoms with van der Waals surface area (Å²) in [5.74, 6) is -0.117. The lowest BCUT2D eigenvalue weighted by Crippen LogP contribution is -2.40. The maximum absolute atomic E-state index is 13.0. The van der Waals surface area contributed by atoms with E-state index in [2.05, 4.69) is 40.2 Å². The largest absolute Gasteiger partial charge is 0.378 e. The minimum atomic E-state index is -0.433. The van der Waals surface area contributed by atoms with Crippen molar-refractivity contribution >= 4 is 22.4 Å². The topological polar surface area (TPSA) is 87.6 Å². The number of hydrogen-bond acceptors (Lipinski definition) is 5. The molecule has 0 unspecified atom stereocenters. The number of nitrogens with one attached hydrogen (secondary N) is 1. The number of morpholine rings is 1. The van der Waals surface area contributed by atoms with Crippen LogP contribution >= 0.6 is 0 Å². The van der Waals surface area contributed by atoms with Crippen molar-refractivity contribution in [3.63, 3.8) is 0 Å². The van der Waals surface area contributed by atoms with E-state index in [1.807, 2.05) is 6.07 Å². The number of aromatic amines is 1. The Labute approximate surface area is 209 Å². The second-order valence-electron chi connectivity index (χ2n) is 9.40. The normalized spacial score (nSPS) is 16.8. The number of nitrogens with zero attached hydrogens (tertiary/aromatic N) is 3. The zero-order valence-electron chi connectivity index (χ0n) is 20.4. The van der Waals surface area contributed by atoms with E-state index in [0.717, 1.165) is 38.9 Å². The molecule has 3 heterocycles. The van der Waals surface area contributed by atoms with Gasteiger partial charge >= 0.3 is 5.69 Å². The molecule has 0 aliphatic carbocycles. The average molecular weight is 489 g/mol. The van der Waals surface area contributed by atoms with Gasteiger partial charge in [-0.2, -0.15) is 0 Å². The molecular weight excluding hydrogens is 456 g/mol. The quantitative estimate of drug-likeness (QED) is 0.517. The molecular formula is C28H32N4O4. The second kappa shape index (κ2) is 11.1. The SMILES string of the molecule is O=C(c1ccc2c(=O)n(CCCCN3CC=C(c4ccccc4)CC3)c(=O)[nH]c2c1)N1CCOCC1. The number of aromatic nitrogens is 2. The van der Waals surface area contributed by atoms with Crippen molar-refractivity contribution < 1.29 is 9.53 Å². The van der Waals surface area contributed by atoms with Crippen LogP contribution < -0.4 is 11.2 Å². The summed E-state index contributed by atoms with van der Waals surface area (Å²) in [6.45, 7) is 5.36. The summed E-state index contributed by atoms with van der Waals surface area (Å²) in [5, 5.41) is 0.419. The molecule has 5 rings (SSSR count). The van der Waals surface area contributed by atoms with Crippen LogP contribution in [0.5, 0.6) is 0 Å². The Morgan fingerprint density at radius 2 is 1.72 bits per heavy atom. The van der Waals surface area contributed by atoms with E-state index >= 15 is 0 Å². The molecule has 0 bridgehead atoms. The van der Waals surface area contributed by atoms with Crippen molar-refractivity contribution in [2.75, 3.05) is 45.9 Å². The van der Waals surface area contributed by atoms with Crippen LogP contribution in [0.3, 0.4) is 0 Å². The molecule has 0 atom stereocenters. The molecule has 0 saturated carbocycles. The fourth-order valence-corrected chi connectivity index (χ4v) is 4.97. The van der Waals surface area contributed by atoms with Crippen LogP contribution in [0.25, 0.3) is 16.5 Å². The molecule has 36 heavy (non-hydrogen) atoms. The van der Waals surface area contributed by atoms with Gasteiger partial charge in [0.25, 0.3) is 11.5 Å². The number of unbranched alkanes of at least 4 members (excludes halogenated alkanes) is 1. The summed E-state index contributed by atoms with van der Waals surface area (Å²) in [6, 6.07) is 15.4. The highest BCUT2D eigenvalue weighted by molar-refractivity contribution is 5.97. The Morgan fingerprint density at radius 3 is 2.47 bits per heavy atom. The van der Waals surface area contributed by atoms with Gasteiger partial charge in [0.05, 0.1) is 24.1 Å². The lowest BCUT2D eigenvalue weighted by atomic mass is 9.99. The van der Waals surface area contributed by atoms with Crippen LogP contribution in [0.15, 0.2) is 64.2 Å². The average Bonchev–Trinajstić information content (AvgIpc) is 2.93. The maximum Gasteiger partial charge on any atom is 0.328 e. The first-order valence-electron chi connectivity index (χ1n) is 12.7. The smallest absolute Gasteiger partial charge is 0.328 e. The number of carbonyl (C=O) groups is 1. The zero-order chi connectivity index (χ0) is 24.9. The molecule has 2 aliphatic rings. The molecule has 2 aromatic carbocycles. The number of amides is 1. The first-order chi connectivity index (χ1) is 17.6. The zero-order valence-corrected chi connectivity index (χ0v) is 20.4. The van der Waals surface area contributed by atoms with Gasteiger partial charge in [-0.25, -0.2) is 4.79 Å². The number of ether oxygens (including phenoxy) is 1. The molecule has 1 saturated heterocycles. The van der Waals surface area contributed by atoms with Crippen LogP contribution in [0.1, 0.15) is 35.2 Å². The highest BCUT2D eigenvalue weighted by Crippen LogP contribution is 2.22. The molecule has 188 valence electrons. The monoisotopic (exact) mass is 488 g/mol. The predicted octanol–water partition coefficient (Wildman–Crippen LogP) is 2.73. The van der Waals surface area contributed by atoms with E-state index in [1.54, 1.807) is 23.1 Å².